The first-order valence-electron chi connectivity index (χ1n) is 13.9. The molecule has 202 valence electrons. The Morgan fingerprint density at radius 3 is 2.31 bits per heavy atom. The molecule has 2 fully saturated rings. The van der Waals surface area contributed by atoms with Crippen LogP contribution in [-0.2, 0) is 4.74 Å². The first kappa shape index (κ1) is 25.3. The molecule has 2 aromatic carbocycles. The minimum atomic E-state index is -0.515. The van der Waals surface area contributed by atoms with Gasteiger partial charge in [-0.25, -0.2) is 9.78 Å². The highest BCUT2D eigenvalue weighted by atomic mass is 16.6. The third kappa shape index (κ3) is 5.60. The number of anilines is 1. The molecule has 0 unspecified atom stereocenters. The summed E-state index contributed by atoms with van der Waals surface area (Å²) in [5, 5.41) is 7.73. The van der Waals surface area contributed by atoms with Crippen LogP contribution in [-0.4, -0.2) is 44.5 Å². The minimum absolute atomic E-state index is 0.0867. The predicted octanol–water partition coefficient (Wildman–Crippen LogP) is 6.62. The lowest BCUT2D eigenvalue weighted by atomic mass is 9.90. The van der Waals surface area contributed by atoms with Crippen LogP contribution >= 0.6 is 0 Å². The van der Waals surface area contributed by atoms with E-state index in [9.17, 15) is 9.59 Å². The number of aromatic nitrogens is 3. The summed E-state index contributed by atoms with van der Waals surface area (Å²) in [4.78, 5) is 37.8. The molecule has 2 heterocycles. The zero-order valence-electron chi connectivity index (χ0n) is 22.7. The van der Waals surface area contributed by atoms with Crippen molar-refractivity contribution < 1.29 is 14.3 Å². The van der Waals surface area contributed by atoms with E-state index < -0.39 is 5.60 Å². The largest absolute Gasteiger partial charge is 0.444 e. The summed E-state index contributed by atoms with van der Waals surface area (Å²) in [5.74, 6) is 0.279. The van der Waals surface area contributed by atoms with Crippen molar-refractivity contribution >= 4 is 39.5 Å². The summed E-state index contributed by atoms with van der Waals surface area (Å²) in [5.41, 5.74) is 5.95. The molecule has 0 spiro atoms. The average molecular weight is 526 g/mol. The molecule has 0 aliphatic heterocycles. The Balaban J connectivity index is 1.27. The summed E-state index contributed by atoms with van der Waals surface area (Å²) < 4.78 is 5.43. The third-order valence-corrected chi connectivity index (χ3v) is 7.63. The number of hydrogen-bond donors (Lipinski definition) is 3. The molecule has 2 aliphatic rings. The number of ketones is 1. The molecule has 1 amide bonds. The summed E-state index contributed by atoms with van der Waals surface area (Å²) >= 11 is 0. The number of amides is 1. The Bertz CT molecular complexity index is 1540. The lowest BCUT2D eigenvalue weighted by Crippen LogP contribution is -2.42. The van der Waals surface area contributed by atoms with Crippen LogP contribution in [0.5, 0.6) is 0 Å². The molecule has 3 N–H and O–H groups in total. The number of carbonyl (C=O) groups excluding carboxylic acids is 2. The van der Waals surface area contributed by atoms with Gasteiger partial charge in [0.1, 0.15) is 5.60 Å². The number of alkyl carbamates (subject to hydrolysis) is 1. The number of Topliss-reactive ketones (excluding diaryl/α,β-unsaturated/α-hetero) is 1. The van der Waals surface area contributed by atoms with Crippen LogP contribution in [0.25, 0.3) is 33.1 Å². The van der Waals surface area contributed by atoms with Crippen molar-refractivity contribution in [1.29, 1.82) is 0 Å². The second kappa shape index (κ2) is 9.98. The predicted molar refractivity (Wildman–Crippen MR) is 153 cm³/mol. The van der Waals surface area contributed by atoms with Gasteiger partial charge < -0.3 is 20.4 Å². The summed E-state index contributed by atoms with van der Waals surface area (Å²) in [6.45, 7) is 5.61. The molecule has 2 saturated carbocycles. The number of ether oxygens (including phenoxy) is 1. The van der Waals surface area contributed by atoms with E-state index in [1.54, 1.807) is 12.5 Å². The van der Waals surface area contributed by atoms with Gasteiger partial charge in [-0.05, 0) is 94.7 Å². The van der Waals surface area contributed by atoms with Gasteiger partial charge in [0.15, 0.2) is 5.78 Å². The minimum Gasteiger partial charge on any atom is -0.444 e. The van der Waals surface area contributed by atoms with Gasteiger partial charge in [0.2, 0.25) is 0 Å². The van der Waals surface area contributed by atoms with Gasteiger partial charge in [0.25, 0.3) is 0 Å². The standard InChI is InChI=1S/C31H35N5O3/c1-31(2,3)39-30(38)36-22-10-8-21(9-11-22)35-28-23-14-19(20-7-13-26-27(15-20)34-17-33-26)6-12-25(23)32-16-24(28)29(37)18-4-5-18/h6-7,12-18,21-22H,4-5,8-11H2,1-3H3,(H,32,35)(H,33,34)(H,36,38). The van der Waals surface area contributed by atoms with Crippen molar-refractivity contribution in [1.82, 2.24) is 20.3 Å². The molecule has 4 aromatic rings. The fraction of sp³-hybridized carbons (Fsp3) is 0.419. The van der Waals surface area contributed by atoms with Gasteiger partial charge >= 0.3 is 6.09 Å². The Hall–Kier alpha value is -3.94. The van der Waals surface area contributed by atoms with Crippen LogP contribution in [0.1, 0.15) is 69.7 Å². The Kier molecular flexibility index (Phi) is 6.49. The molecule has 39 heavy (non-hydrogen) atoms. The molecule has 0 bridgehead atoms. The van der Waals surface area contributed by atoms with Crippen LogP contribution in [0.15, 0.2) is 48.9 Å². The average Bonchev–Trinajstić information content (AvgIpc) is 3.65. The third-order valence-electron chi connectivity index (χ3n) is 7.63. The normalized spacial score (nSPS) is 19.7. The number of nitrogens with one attached hydrogen (secondary N) is 3. The van der Waals surface area contributed by atoms with Gasteiger partial charge in [-0.2, -0.15) is 0 Å². The van der Waals surface area contributed by atoms with Crippen molar-refractivity contribution in [2.45, 2.75) is 77.0 Å². The van der Waals surface area contributed by atoms with E-state index in [1.807, 2.05) is 32.9 Å². The molecule has 8 nitrogen and oxygen atoms in total. The van der Waals surface area contributed by atoms with Gasteiger partial charge in [-0.3, -0.25) is 9.78 Å². The first-order chi connectivity index (χ1) is 18.7. The van der Waals surface area contributed by atoms with Gasteiger partial charge in [-0.15, -0.1) is 0 Å². The number of nitrogens with zero attached hydrogens (tertiary/aromatic N) is 2. The second-order valence-electron chi connectivity index (χ2n) is 11.9. The maximum atomic E-state index is 13.3. The molecular formula is C31H35N5O3. The molecule has 6 rings (SSSR count). The summed E-state index contributed by atoms with van der Waals surface area (Å²) in [7, 11) is 0. The maximum absolute atomic E-state index is 13.3. The molecule has 0 saturated heterocycles. The van der Waals surface area contributed by atoms with E-state index in [4.69, 9.17) is 4.74 Å². The number of hydrogen-bond acceptors (Lipinski definition) is 6. The van der Waals surface area contributed by atoms with Gasteiger partial charge in [-0.1, -0.05) is 12.1 Å². The van der Waals surface area contributed by atoms with Crippen LogP contribution < -0.4 is 10.6 Å². The Labute approximate surface area is 227 Å². The van der Waals surface area contributed by atoms with Gasteiger partial charge in [0.05, 0.1) is 34.1 Å². The fourth-order valence-corrected chi connectivity index (χ4v) is 5.46. The van der Waals surface area contributed by atoms with E-state index in [2.05, 4.69) is 49.9 Å². The molecule has 8 heteroatoms. The number of benzene rings is 2. The van der Waals surface area contributed by atoms with Crippen LogP contribution in [0.2, 0.25) is 0 Å². The molecule has 0 atom stereocenters. The summed E-state index contributed by atoms with van der Waals surface area (Å²) in [6.07, 6.45) is 8.45. The van der Waals surface area contributed by atoms with Crippen LogP contribution in [0.3, 0.4) is 0 Å². The molecule has 0 radical (unpaired) electrons. The number of imidazole rings is 1. The molecule has 2 aromatic heterocycles. The number of H-pyrrole nitrogens is 1. The van der Waals surface area contributed by atoms with Crippen LogP contribution in [0, 0.1) is 5.92 Å². The summed E-state index contributed by atoms with van der Waals surface area (Å²) in [6, 6.07) is 12.7. The number of carbonyl (C=O) groups is 2. The SMILES string of the molecule is CC(C)(C)OC(=O)NC1CCC(Nc2c(C(=O)C3CC3)cnc3ccc(-c4ccc5nc[nH]c5c4)cc23)CC1. The van der Waals surface area contributed by atoms with Crippen LogP contribution in [0.4, 0.5) is 10.5 Å². The smallest absolute Gasteiger partial charge is 0.407 e. The van der Waals surface area contributed by atoms with Crippen molar-refractivity contribution in [3.8, 4) is 11.1 Å². The van der Waals surface area contributed by atoms with Crippen molar-refractivity contribution in [3.05, 3.63) is 54.5 Å². The highest BCUT2D eigenvalue weighted by molar-refractivity contribution is 6.10. The number of rotatable bonds is 6. The van der Waals surface area contributed by atoms with Crippen molar-refractivity contribution in [2.75, 3.05) is 5.32 Å². The lowest BCUT2D eigenvalue weighted by Gasteiger charge is -2.31. The van der Waals surface area contributed by atoms with Crippen molar-refractivity contribution in [2.24, 2.45) is 5.92 Å². The Morgan fingerprint density at radius 2 is 1.59 bits per heavy atom. The number of aromatic amines is 1. The number of pyridine rings is 1. The monoisotopic (exact) mass is 525 g/mol. The van der Waals surface area contributed by atoms with E-state index in [0.29, 0.717) is 5.56 Å². The lowest BCUT2D eigenvalue weighted by molar-refractivity contribution is 0.0492. The zero-order chi connectivity index (χ0) is 27.1. The van der Waals surface area contributed by atoms with E-state index in [0.717, 1.165) is 77.3 Å². The quantitative estimate of drug-likeness (QED) is 0.244. The molecular weight excluding hydrogens is 490 g/mol. The fourth-order valence-electron chi connectivity index (χ4n) is 5.46. The zero-order valence-corrected chi connectivity index (χ0v) is 22.7. The van der Waals surface area contributed by atoms with Gasteiger partial charge in [0, 0.05) is 29.6 Å². The second-order valence-corrected chi connectivity index (χ2v) is 11.9. The van der Waals surface area contributed by atoms with E-state index in [1.165, 1.54) is 0 Å². The topological polar surface area (TPSA) is 109 Å². The highest BCUT2D eigenvalue weighted by Gasteiger charge is 2.33. The highest BCUT2D eigenvalue weighted by Crippen LogP contribution is 2.38. The Morgan fingerprint density at radius 1 is 0.897 bits per heavy atom. The van der Waals surface area contributed by atoms with Crippen molar-refractivity contribution in [3.63, 3.8) is 0 Å². The van der Waals surface area contributed by atoms with E-state index >= 15 is 0 Å². The molecule has 2 aliphatic carbocycles. The maximum Gasteiger partial charge on any atom is 0.407 e. The van der Waals surface area contributed by atoms with E-state index in [-0.39, 0.29) is 29.9 Å². The number of fused-ring (bicyclic) bond motifs is 2. The first-order valence-corrected chi connectivity index (χ1v) is 13.9.